The summed E-state index contributed by atoms with van der Waals surface area (Å²) in [6.07, 6.45) is 8.42. The number of amides is 1. The number of piperidine rings is 1. The molecule has 0 unspecified atom stereocenters. The standard InChI is InChI=1S/C29H36F2N6O2/c1-18-9-24(30)23(28(38)35-21-5-6-21)11-27(18)37-15-20(13-33-37)19-10-22(14-32-12-19)34-26-7-8-36(16-25(26)31)17-29(2,3)39-4/h9-15,21,25-26,34H,5-8,16-17H2,1-4H3,(H,35,38)/t25-,26+/m1/s1. The van der Waals surface area contributed by atoms with Crippen LogP contribution in [0.5, 0.6) is 0 Å². The van der Waals surface area contributed by atoms with E-state index >= 15 is 4.39 Å². The van der Waals surface area contributed by atoms with E-state index < -0.39 is 17.9 Å². The van der Waals surface area contributed by atoms with Crippen LogP contribution in [0.2, 0.25) is 0 Å². The number of hydrogen-bond donors (Lipinski definition) is 2. The van der Waals surface area contributed by atoms with Gasteiger partial charge in [-0.1, -0.05) is 0 Å². The monoisotopic (exact) mass is 538 g/mol. The lowest BCUT2D eigenvalue weighted by atomic mass is 10.00. The summed E-state index contributed by atoms with van der Waals surface area (Å²) >= 11 is 0. The van der Waals surface area contributed by atoms with Gasteiger partial charge in [-0.25, -0.2) is 13.5 Å². The number of nitrogens with one attached hydrogen (secondary N) is 2. The number of rotatable bonds is 9. The van der Waals surface area contributed by atoms with E-state index in [1.165, 1.54) is 12.1 Å². The van der Waals surface area contributed by atoms with Crippen molar-refractivity contribution in [3.05, 3.63) is 59.9 Å². The zero-order valence-electron chi connectivity index (χ0n) is 22.9. The van der Waals surface area contributed by atoms with Gasteiger partial charge >= 0.3 is 0 Å². The summed E-state index contributed by atoms with van der Waals surface area (Å²) in [6.45, 7) is 7.60. The fraction of sp³-hybridized carbons (Fsp3) is 0.483. The van der Waals surface area contributed by atoms with E-state index in [0.717, 1.165) is 36.2 Å². The highest BCUT2D eigenvalue weighted by molar-refractivity contribution is 5.95. The van der Waals surface area contributed by atoms with Crippen LogP contribution in [0.4, 0.5) is 14.5 Å². The Balaban J connectivity index is 1.28. The summed E-state index contributed by atoms with van der Waals surface area (Å²) in [5, 5.41) is 10.6. The van der Waals surface area contributed by atoms with Crippen molar-refractivity contribution in [2.75, 3.05) is 32.1 Å². The molecule has 3 heterocycles. The minimum atomic E-state index is -1.02. The first kappa shape index (κ1) is 27.2. The van der Waals surface area contributed by atoms with E-state index in [0.29, 0.717) is 30.8 Å². The number of likely N-dealkylation sites (tertiary alicyclic amines) is 1. The summed E-state index contributed by atoms with van der Waals surface area (Å²) in [6, 6.07) is 4.65. The molecule has 1 aromatic carbocycles. The summed E-state index contributed by atoms with van der Waals surface area (Å²) in [4.78, 5) is 19.0. The Kier molecular flexibility index (Phi) is 7.68. The molecule has 208 valence electrons. The van der Waals surface area contributed by atoms with E-state index in [1.54, 1.807) is 37.3 Å². The van der Waals surface area contributed by atoms with Gasteiger partial charge in [0.15, 0.2) is 0 Å². The maximum absolute atomic E-state index is 15.1. The Bertz CT molecular complexity index is 1340. The van der Waals surface area contributed by atoms with E-state index in [9.17, 15) is 9.18 Å². The van der Waals surface area contributed by atoms with Gasteiger partial charge in [-0.2, -0.15) is 5.10 Å². The molecule has 10 heteroatoms. The lowest BCUT2D eigenvalue weighted by Gasteiger charge is -2.39. The number of nitrogens with zero attached hydrogens (tertiary/aromatic N) is 4. The second-order valence-electron chi connectivity index (χ2n) is 11.3. The number of methoxy groups -OCH3 is 1. The van der Waals surface area contributed by atoms with Gasteiger partial charge < -0.3 is 15.4 Å². The molecule has 0 bridgehead atoms. The van der Waals surface area contributed by atoms with Gasteiger partial charge in [-0.15, -0.1) is 0 Å². The Morgan fingerprint density at radius 1 is 1.15 bits per heavy atom. The third kappa shape index (κ3) is 6.45. The normalized spacial score (nSPS) is 20.2. The van der Waals surface area contributed by atoms with Gasteiger partial charge in [0.1, 0.15) is 12.0 Å². The Morgan fingerprint density at radius 2 is 1.95 bits per heavy atom. The molecule has 1 amide bonds. The van der Waals surface area contributed by atoms with Gasteiger partial charge in [0, 0.05) is 62.5 Å². The fourth-order valence-corrected chi connectivity index (χ4v) is 4.94. The van der Waals surface area contributed by atoms with Crippen LogP contribution in [0.25, 0.3) is 16.8 Å². The average molecular weight is 539 g/mol. The predicted octanol–water partition coefficient (Wildman–Crippen LogP) is 4.52. The number of pyridine rings is 1. The zero-order chi connectivity index (χ0) is 27.7. The molecule has 1 aliphatic heterocycles. The van der Waals surface area contributed by atoms with Crippen LogP contribution in [-0.2, 0) is 4.74 Å². The van der Waals surface area contributed by atoms with Crippen LogP contribution in [0.15, 0.2) is 43.0 Å². The molecule has 2 fully saturated rings. The molecule has 2 atom stereocenters. The van der Waals surface area contributed by atoms with Crippen molar-refractivity contribution in [1.29, 1.82) is 0 Å². The number of alkyl halides is 1. The number of halogens is 2. The molecule has 1 saturated carbocycles. The first-order valence-corrected chi connectivity index (χ1v) is 13.4. The summed E-state index contributed by atoms with van der Waals surface area (Å²) in [7, 11) is 1.68. The molecule has 8 nitrogen and oxygen atoms in total. The minimum Gasteiger partial charge on any atom is -0.378 e. The lowest BCUT2D eigenvalue weighted by Crippen LogP contribution is -2.51. The molecule has 5 rings (SSSR count). The van der Waals surface area contributed by atoms with Crippen LogP contribution in [-0.4, -0.2) is 76.2 Å². The smallest absolute Gasteiger partial charge is 0.254 e. The van der Waals surface area contributed by atoms with Gasteiger partial charge in [0.2, 0.25) is 0 Å². The van der Waals surface area contributed by atoms with Crippen LogP contribution in [0.3, 0.4) is 0 Å². The van der Waals surface area contributed by atoms with Crippen molar-refractivity contribution in [2.24, 2.45) is 0 Å². The van der Waals surface area contributed by atoms with Gasteiger partial charge in [-0.05, 0) is 63.8 Å². The molecule has 2 N–H and O–H groups in total. The minimum absolute atomic E-state index is 0.00465. The van der Waals surface area contributed by atoms with Crippen LogP contribution in [0, 0.1) is 12.7 Å². The van der Waals surface area contributed by atoms with Crippen molar-refractivity contribution in [3.8, 4) is 16.8 Å². The average Bonchev–Trinajstić information content (AvgIpc) is 3.57. The van der Waals surface area contributed by atoms with Crippen LogP contribution < -0.4 is 10.6 Å². The van der Waals surface area contributed by atoms with Crippen molar-refractivity contribution in [2.45, 2.75) is 63.9 Å². The zero-order valence-corrected chi connectivity index (χ0v) is 22.9. The van der Waals surface area contributed by atoms with Crippen molar-refractivity contribution in [1.82, 2.24) is 25.0 Å². The second-order valence-corrected chi connectivity index (χ2v) is 11.3. The molecule has 2 aliphatic rings. The van der Waals surface area contributed by atoms with Gasteiger partial charge in [0.05, 0.1) is 34.8 Å². The molecular weight excluding hydrogens is 502 g/mol. The second kappa shape index (κ2) is 11.0. The summed E-state index contributed by atoms with van der Waals surface area (Å²) in [5.74, 6) is -0.963. The predicted molar refractivity (Wildman–Crippen MR) is 146 cm³/mol. The van der Waals surface area contributed by atoms with E-state index in [1.807, 2.05) is 26.1 Å². The first-order chi connectivity index (χ1) is 18.6. The van der Waals surface area contributed by atoms with Gasteiger partial charge in [0.25, 0.3) is 5.91 Å². The number of aryl methyl sites for hydroxylation is 1. The third-order valence-corrected chi connectivity index (χ3v) is 7.48. The van der Waals surface area contributed by atoms with Crippen molar-refractivity contribution >= 4 is 11.6 Å². The Morgan fingerprint density at radius 3 is 2.67 bits per heavy atom. The first-order valence-electron chi connectivity index (χ1n) is 13.4. The molecular formula is C29H36F2N6O2. The molecule has 2 aromatic heterocycles. The topological polar surface area (TPSA) is 84.3 Å². The number of hydrogen-bond acceptors (Lipinski definition) is 6. The number of carbonyl (C=O) groups excluding carboxylic acids is 1. The summed E-state index contributed by atoms with van der Waals surface area (Å²) < 4.78 is 36.8. The van der Waals surface area contributed by atoms with E-state index in [2.05, 4.69) is 25.6 Å². The summed E-state index contributed by atoms with van der Waals surface area (Å²) in [5.41, 5.74) is 3.31. The number of benzene rings is 1. The molecule has 1 aliphatic carbocycles. The SMILES string of the molecule is COC(C)(C)CN1CC[C@H](Nc2cncc(-c3cnn(-c4cc(C(=O)NC5CC5)c(F)cc4C)c3)c2)[C@H](F)C1. The molecule has 39 heavy (non-hydrogen) atoms. The number of carbonyl (C=O) groups is 1. The maximum Gasteiger partial charge on any atom is 0.254 e. The Hall–Kier alpha value is -3.37. The highest BCUT2D eigenvalue weighted by Gasteiger charge is 2.32. The molecule has 1 saturated heterocycles. The third-order valence-electron chi connectivity index (χ3n) is 7.48. The number of ether oxygens (including phenoxy) is 1. The lowest BCUT2D eigenvalue weighted by molar-refractivity contribution is -0.0200. The van der Waals surface area contributed by atoms with Crippen molar-refractivity contribution < 1.29 is 18.3 Å². The van der Waals surface area contributed by atoms with E-state index in [-0.39, 0.29) is 23.2 Å². The fourth-order valence-electron chi connectivity index (χ4n) is 4.94. The van der Waals surface area contributed by atoms with Crippen LogP contribution >= 0.6 is 0 Å². The molecule has 0 spiro atoms. The number of aromatic nitrogens is 3. The molecule has 0 radical (unpaired) electrons. The Labute approximate surface area is 227 Å². The molecule has 3 aromatic rings. The van der Waals surface area contributed by atoms with E-state index in [4.69, 9.17) is 4.74 Å². The highest BCUT2D eigenvalue weighted by Crippen LogP contribution is 2.27. The quantitative estimate of drug-likeness (QED) is 0.417. The van der Waals surface area contributed by atoms with Crippen molar-refractivity contribution in [3.63, 3.8) is 0 Å². The number of anilines is 1. The van der Waals surface area contributed by atoms with Crippen LogP contribution in [0.1, 0.15) is 49.0 Å². The van der Waals surface area contributed by atoms with Gasteiger partial charge in [-0.3, -0.25) is 14.7 Å². The maximum atomic E-state index is 15.1. The largest absolute Gasteiger partial charge is 0.378 e. The highest BCUT2D eigenvalue weighted by atomic mass is 19.1.